The molecule has 0 N–H and O–H groups in total. The quantitative estimate of drug-likeness (QED) is 0.566. The van der Waals surface area contributed by atoms with Crippen molar-refractivity contribution in [2.45, 2.75) is 58.8 Å². The highest BCUT2D eigenvalue weighted by molar-refractivity contribution is 5.66. The summed E-state index contributed by atoms with van der Waals surface area (Å²) in [5, 5.41) is 0. The van der Waals surface area contributed by atoms with Crippen molar-refractivity contribution in [3.05, 3.63) is 35.9 Å². The van der Waals surface area contributed by atoms with Gasteiger partial charge in [0.15, 0.2) is 0 Å². The second-order valence-electron chi connectivity index (χ2n) is 5.88. The molecule has 1 aromatic rings. The fraction of sp³-hybridized carbons (Fsp3) is 0.579. The van der Waals surface area contributed by atoms with E-state index in [2.05, 4.69) is 44.2 Å². The maximum absolute atomic E-state index is 5.72. The molecule has 1 atom stereocenters. The fourth-order valence-electron chi connectivity index (χ4n) is 2.92. The van der Waals surface area contributed by atoms with E-state index in [9.17, 15) is 0 Å². The first-order valence-corrected chi connectivity index (χ1v) is 8.25. The third-order valence-electron chi connectivity index (χ3n) is 4.21. The van der Waals surface area contributed by atoms with E-state index in [-0.39, 0.29) is 0 Å². The van der Waals surface area contributed by atoms with Crippen LogP contribution in [-0.4, -0.2) is 6.61 Å². The topological polar surface area (TPSA) is 9.23 Å². The molecule has 1 unspecified atom stereocenters. The average molecular weight is 272 g/mol. The molecule has 0 aromatic heterocycles. The monoisotopic (exact) mass is 272 g/mol. The Balaban J connectivity index is 1.90. The van der Waals surface area contributed by atoms with Gasteiger partial charge >= 0.3 is 0 Å². The number of rotatable bonds is 7. The minimum absolute atomic E-state index is 0.831. The van der Waals surface area contributed by atoms with Gasteiger partial charge in [-0.1, -0.05) is 51.3 Å². The molecule has 0 amide bonds. The SMILES string of the molecule is CCCCOc1ccc(C2=CCC(CCC)CC2)cc1. The molecular formula is C19H28O. The molecule has 20 heavy (non-hydrogen) atoms. The van der Waals surface area contributed by atoms with Gasteiger partial charge in [0.1, 0.15) is 5.75 Å². The van der Waals surface area contributed by atoms with Crippen LogP contribution in [-0.2, 0) is 0 Å². The fourth-order valence-corrected chi connectivity index (χ4v) is 2.92. The predicted octanol–water partition coefficient (Wildman–Crippen LogP) is 5.85. The van der Waals surface area contributed by atoms with Crippen molar-refractivity contribution in [2.75, 3.05) is 6.61 Å². The van der Waals surface area contributed by atoms with E-state index in [4.69, 9.17) is 4.74 Å². The zero-order valence-corrected chi connectivity index (χ0v) is 13.0. The van der Waals surface area contributed by atoms with Crippen molar-refractivity contribution in [1.82, 2.24) is 0 Å². The van der Waals surface area contributed by atoms with Crippen LogP contribution in [0, 0.1) is 5.92 Å². The first-order chi connectivity index (χ1) is 9.83. The summed E-state index contributed by atoms with van der Waals surface area (Å²) < 4.78 is 5.72. The molecule has 0 saturated carbocycles. The van der Waals surface area contributed by atoms with Gasteiger partial charge in [0.25, 0.3) is 0 Å². The Morgan fingerprint density at radius 3 is 2.50 bits per heavy atom. The smallest absolute Gasteiger partial charge is 0.119 e. The molecule has 0 fully saturated rings. The molecule has 0 bridgehead atoms. The zero-order chi connectivity index (χ0) is 14.2. The maximum Gasteiger partial charge on any atom is 0.119 e. The number of hydrogen-bond donors (Lipinski definition) is 0. The number of unbranched alkanes of at least 4 members (excludes halogenated alkanes) is 1. The van der Waals surface area contributed by atoms with E-state index in [0.29, 0.717) is 0 Å². The van der Waals surface area contributed by atoms with Crippen LogP contribution in [0.3, 0.4) is 0 Å². The van der Waals surface area contributed by atoms with Gasteiger partial charge in [0, 0.05) is 0 Å². The lowest BCUT2D eigenvalue weighted by Gasteiger charge is -2.21. The van der Waals surface area contributed by atoms with E-state index in [1.165, 1.54) is 49.7 Å². The Labute approximate surface area is 124 Å². The molecule has 0 heterocycles. The third-order valence-corrected chi connectivity index (χ3v) is 4.21. The Hall–Kier alpha value is -1.24. The Morgan fingerprint density at radius 2 is 1.90 bits per heavy atom. The number of benzene rings is 1. The molecule has 1 aliphatic rings. The summed E-state index contributed by atoms with van der Waals surface area (Å²) in [6.45, 7) is 5.31. The van der Waals surface area contributed by atoms with Gasteiger partial charge in [-0.2, -0.15) is 0 Å². The van der Waals surface area contributed by atoms with Gasteiger partial charge in [0.2, 0.25) is 0 Å². The molecule has 0 aliphatic heterocycles. The second kappa shape index (κ2) is 8.14. The highest BCUT2D eigenvalue weighted by atomic mass is 16.5. The normalized spacial score (nSPS) is 18.7. The van der Waals surface area contributed by atoms with Crippen molar-refractivity contribution < 1.29 is 4.74 Å². The summed E-state index contributed by atoms with van der Waals surface area (Å²) in [5.74, 6) is 1.92. The first kappa shape index (κ1) is 15.2. The van der Waals surface area contributed by atoms with Crippen LogP contribution in [0.15, 0.2) is 30.3 Å². The summed E-state index contributed by atoms with van der Waals surface area (Å²) in [6.07, 6.45) is 11.3. The van der Waals surface area contributed by atoms with Crippen molar-refractivity contribution in [1.29, 1.82) is 0 Å². The first-order valence-electron chi connectivity index (χ1n) is 8.25. The summed E-state index contributed by atoms with van der Waals surface area (Å²) >= 11 is 0. The molecule has 1 heteroatoms. The number of hydrogen-bond acceptors (Lipinski definition) is 1. The van der Waals surface area contributed by atoms with Gasteiger partial charge in [0.05, 0.1) is 6.61 Å². The Bertz CT molecular complexity index is 416. The molecule has 110 valence electrons. The second-order valence-corrected chi connectivity index (χ2v) is 5.88. The Morgan fingerprint density at radius 1 is 1.10 bits per heavy atom. The highest BCUT2D eigenvalue weighted by Crippen LogP contribution is 2.32. The van der Waals surface area contributed by atoms with E-state index in [1.807, 2.05) is 0 Å². The van der Waals surface area contributed by atoms with Crippen molar-refractivity contribution in [3.63, 3.8) is 0 Å². The molecule has 1 aromatic carbocycles. The van der Waals surface area contributed by atoms with E-state index < -0.39 is 0 Å². The molecule has 1 aliphatic carbocycles. The van der Waals surface area contributed by atoms with Crippen LogP contribution in [0.4, 0.5) is 0 Å². The minimum Gasteiger partial charge on any atom is -0.494 e. The minimum atomic E-state index is 0.831. The van der Waals surface area contributed by atoms with Gasteiger partial charge in [-0.05, 0) is 54.9 Å². The summed E-state index contributed by atoms with van der Waals surface area (Å²) in [4.78, 5) is 0. The van der Waals surface area contributed by atoms with Gasteiger partial charge in [-0.3, -0.25) is 0 Å². The van der Waals surface area contributed by atoms with E-state index in [1.54, 1.807) is 0 Å². The highest BCUT2D eigenvalue weighted by Gasteiger charge is 2.14. The molecular weight excluding hydrogens is 244 g/mol. The Kier molecular flexibility index (Phi) is 6.17. The summed E-state index contributed by atoms with van der Waals surface area (Å²) in [6, 6.07) is 8.66. The summed E-state index contributed by atoms with van der Waals surface area (Å²) in [5.41, 5.74) is 2.90. The van der Waals surface area contributed by atoms with E-state index >= 15 is 0 Å². The number of allylic oxidation sites excluding steroid dienone is 2. The van der Waals surface area contributed by atoms with Crippen LogP contribution >= 0.6 is 0 Å². The molecule has 0 spiro atoms. The van der Waals surface area contributed by atoms with Crippen molar-refractivity contribution in [3.8, 4) is 5.75 Å². The summed E-state index contributed by atoms with van der Waals surface area (Å²) in [7, 11) is 0. The lowest BCUT2D eigenvalue weighted by molar-refractivity contribution is 0.309. The van der Waals surface area contributed by atoms with Crippen molar-refractivity contribution >= 4 is 5.57 Å². The molecule has 0 radical (unpaired) electrons. The van der Waals surface area contributed by atoms with Crippen LogP contribution in [0.1, 0.15) is 64.4 Å². The largest absolute Gasteiger partial charge is 0.494 e. The lowest BCUT2D eigenvalue weighted by Crippen LogP contribution is -2.05. The van der Waals surface area contributed by atoms with Crippen molar-refractivity contribution in [2.24, 2.45) is 5.92 Å². The van der Waals surface area contributed by atoms with E-state index in [0.717, 1.165) is 24.7 Å². The van der Waals surface area contributed by atoms with Crippen LogP contribution in [0.25, 0.3) is 5.57 Å². The van der Waals surface area contributed by atoms with Crippen LogP contribution in [0.5, 0.6) is 5.75 Å². The van der Waals surface area contributed by atoms with Gasteiger partial charge in [-0.25, -0.2) is 0 Å². The molecule has 2 rings (SSSR count). The van der Waals surface area contributed by atoms with Crippen LogP contribution in [0.2, 0.25) is 0 Å². The molecule has 0 saturated heterocycles. The van der Waals surface area contributed by atoms with Crippen LogP contribution < -0.4 is 4.74 Å². The third kappa shape index (κ3) is 4.40. The average Bonchev–Trinajstić information content (AvgIpc) is 2.49. The van der Waals surface area contributed by atoms with Gasteiger partial charge in [-0.15, -0.1) is 0 Å². The predicted molar refractivity (Wildman–Crippen MR) is 87.1 cm³/mol. The lowest BCUT2D eigenvalue weighted by atomic mass is 9.84. The number of ether oxygens (including phenoxy) is 1. The maximum atomic E-state index is 5.72. The zero-order valence-electron chi connectivity index (χ0n) is 13.0. The molecule has 1 nitrogen and oxygen atoms in total. The standard InChI is InChI=1S/C19H28O/c1-3-5-15-20-19-13-11-18(12-14-19)17-9-7-16(6-4-2)8-10-17/h9,11-14,16H,3-8,10,15H2,1-2H3. The van der Waals surface area contributed by atoms with Gasteiger partial charge < -0.3 is 4.74 Å².